The van der Waals surface area contributed by atoms with E-state index in [1.807, 2.05) is 42.5 Å². The van der Waals surface area contributed by atoms with E-state index in [-0.39, 0.29) is 11.8 Å². The Labute approximate surface area is 133 Å². The highest BCUT2D eigenvalue weighted by Crippen LogP contribution is 2.18. The van der Waals surface area contributed by atoms with Crippen LogP contribution in [-0.2, 0) is 4.79 Å². The molecule has 0 aliphatic rings. The molecule has 0 spiro atoms. The van der Waals surface area contributed by atoms with Crippen LogP contribution >= 0.6 is 0 Å². The van der Waals surface area contributed by atoms with Crippen LogP contribution < -0.4 is 10.6 Å². The molecule has 1 atom stereocenters. The highest BCUT2D eigenvalue weighted by atomic mass is 16.3. The van der Waals surface area contributed by atoms with E-state index in [4.69, 9.17) is 4.42 Å². The molecule has 0 bridgehead atoms. The lowest BCUT2D eigenvalue weighted by Crippen LogP contribution is -2.41. The second-order valence-corrected chi connectivity index (χ2v) is 5.26. The van der Waals surface area contributed by atoms with Crippen molar-refractivity contribution in [1.82, 2.24) is 5.32 Å². The van der Waals surface area contributed by atoms with Crippen molar-refractivity contribution >= 4 is 28.3 Å². The molecule has 116 valence electrons. The van der Waals surface area contributed by atoms with E-state index in [1.165, 1.54) is 12.5 Å². The van der Waals surface area contributed by atoms with Gasteiger partial charge in [-0.25, -0.2) is 0 Å². The summed E-state index contributed by atoms with van der Waals surface area (Å²) in [5, 5.41) is 7.58. The molecule has 1 aromatic heterocycles. The maximum Gasteiger partial charge on any atom is 0.255 e. The molecule has 0 aliphatic heterocycles. The molecule has 5 heteroatoms. The maximum absolute atomic E-state index is 12.2. The van der Waals surface area contributed by atoms with Gasteiger partial charge in [-0.05, 0) is 35.9 Å². The molecule has 2 amide bonds. The molecule has 1 heterocycles. The van der Waals surface area contributed by atoms with E-state index in [0.29, 0.717) is 11.3 Å². The van der Waals surface area contributed by atoms with Gasteiger partial charge in [-0.2, -0.15) is 0 Å². The lowest BCUT2D eigenvalue weighted by molar-refractivity contribution is -0.117. The predicted octanol–water partition coefficient (Wildman–Crippen LogP) is 3.19. The van der Waals surface area contributed by atoms with Crippen LogP contribution in [0.5, 0.6) is 0 Å². The molecule has 2 aromatic carbocycles. The average Bonchev–Trinajstić information content (AvgIpc) is 3.09. The van der Waals surface area contributed by atoms with Gasteiger partial charge in [0, 0.05) is 5.69 Å². The summed E-state index contributed by atoms with van der Waals surface area (Å²) in [5.74, 6) is -0.628. The summed E-state index contributed by atoms with van der Waals surface area (Å²) in [6.07, 6.45) is 2.75. The summed E-state index contributed by atoms with van der Waals surface area (Å²) in [7, 11) is 0. The minimum absolute atomic E-state index is 0.280. The number of hydrogen-bond donors (Lipinski definition) is 2. The molecule has 5 nitrogen and oxygen atoms in total. The number of carbonyl (C=O) groups is 2. The molecule has 0 aliphatic carbocycles. The Hall–Kier alpha value is -3.08. The second kappa shape index (κ2) is 6.36. The number of anilines is 1. The summed E-state index contributed by atoms with van der Waals surface area (Å²) < 4.78 is 4.85. The van der Waals surface area contributed by atoms with Gasteiger partial charge in [0.25, 0.3) is 5.91 Å². The van der Waals surface area contributed by atoms with Gasteiger partial charge < -0.3 is 15.1 Å². The highest BCUT2D eigenvalue weighted by molar-refractivity contribution is 6.01. The number of benzene rings is 2. The summed E-state index contributed by atoms with van der Waals surface area (Å²) in [5.41, 5.74) is 1.08. The van der Waals surface area contributed by atoms with Gasteiger partial charge in [-0.15, -0.1) is 0 Å². The predicted molar refractivity (Wildman–Crippen MR) is 88.2 cm³/mol. The van der Waals surface area contributed by atoms with Crippen molar-refractivity contribution in [1.29, 1.82) is 0 Å². The molecule has 0 saturated heterocycles. The lowest BCUT2D eigenvalue weighted by atomic mass is 10.1. The standard InChI is InChI=1S/C18H16N2O3/c1-12(19-18(22)15-8-9-23-11-15)17(21)20-16-7-6-13-4-2-3-5-14(13)10-16/h2-12H,1H3,(H,19,22)(H,20,21). The third-order valence-electron chi connectivity index (χ3n) is 3.54. The van der Waals surface area contributed by atoms with Crippen LogP contribution in [0.4, 0.5) is 5.69 Å². The number of fused-ring (bicyclic) bond motifs is 1. The largest absolute Gasteiger partial charge is 0.472 e. The van der Waals surface area contributed by atoms with Crippen LogP contribution in [0, 0.1) is 0 Å². The van der Waals surface area contributed by atoms with E-state index in [9.17, 15) is 9.59 Å². The molecule has 0 saturated carbocycles. The Kier molecular flexibility index (Phi) is 4.10. The Morgan fingerprint density at radius 3 is 2.57 bits per heavy atom. The van der Waals surface area contributed by atoms with Gasteiger partial charge in [-0.3, -0.25) is 9.59 Å². The number of amides is 2. The molecular weight excluding hydrogens is 292 g/mol. The highest BCUT2D eigenvalue weighted by Gasteiger charge is 2.17. The first-order chi connectivity index (χ1) is 11.1. The van der Waals surface area contributed by atoms with Crippen molar-refractivity contribution in [2.45, 2.75) is 13.0 Å². The summed E-state index contributed by atoms with van der Waals surface area (Å²) in [6, 6.07) is 14.5. The van der Waals surface area contributed by atoms with Gasteiger partial charge in [0.05, 0.1) is 11.8 Å². The van der Waals surface area contributed by atoms with Crippen molar-refractivity contribution < 1.29 is 14.0 Å². The van der Waals surface area contributed by atoms with Crippen molar-refractivity contribution in [3.63, 3.8) is 0 Å². The van der Waals surface area contributed by atoms with E-state index in [0.717, 1.165) is 10.8 Å². The number of carbonyl (C=O) groups excluding carboxylic acids is 2. The fourth-order valence-corrected chi connectivity index (χ4v) is 2.26. The smallest absolute Gasteiger partial charge is 0.255 e. The van der Waals surface area contributed by atoms with Crippen molar-refractivity contribution in [2.75, 3.05) is 5.32 Å². The summed E-state index contributed by atoms with van der Waals surface area (Å²) >= 11 is 0. The van der Waals surface area contributed by atoms with E-state index in [1.54, 1.807) is 13.0 Å². The lowest BCUT2D eigenvalue weighted by Gasteiger charge is -2.14. The number of rotatable bonds is 4. The number of hydrogen-bond acceptors (Lipinski definition) is 3. The Morgan fingerprint density at radius 2 is 1.83 bits per heavy atom. The van der Waals surface area contributed by atoms with Crippen LogP contribution in [0.3, 0.4) is 0 Å². The van der Waals surface area contributed by atoms with Crippen LogP contribution in [0.1, 0.15) is 17.3 Å². The normalized spacial score (nSPS) is 11.9. The average molecular weight is 308 g/mol. The maximum atomic E-state index is 12.2. The van der Waals surface area contributed by atoms with Gasteiger partial charge >= 0.3 is 0 Å². The van der Waals surface area contributed by atoms with Gasteiger partial charge in [0.15, 0.2) is 0 Å². The molecule has 23 heavy (non-hydrogen) atoms. The van der Waals surface area contributed by atoms with Crippen LogP contribution in [0.15, 0.2) is 65.5 Å². The first-order valence-corrected chi connectivity index (χ1v) is 7.26. The second-order valence-electron chi connectivity index (χ2n) is 5.26. The Bertz CT molecular complexity index is 840. The van der Waals surface area contributed by atoms with Gasteiger partial charge in [0.1, 0.15) is 12.3 Å². The quantitative estimate of drug-likeness (QED) is 0.777. The first kappa shape index (κ1) is 14.8. The molecule has 0 fully saturated rings. The van der Waals surface area contributed by atoms with Gasteiger partial charge in [0.2, 0.25) is 5.91 Å². The number of nitrogens with one attached hydrogen (secondary N) is 2. The van der Waals surface area contributed by atoms with Crippen molar-refractivity contribution in [3.8, 4) is 0 Å². The molecular formula is C18H16N2O3. The summed E-state index contributed by atoms with van der Waals surface area (Å²) in [6.45, 7) is 1.63. The SMILES string of the molecule is CC(NC(=O)c1ccoc1)C(=O)Nc1ccc2ccccc2c1. The third kappa shape index (κ3) is 3.40. The molecule has 3 rings (SSSR count). The fraction of sp³-hybridized carbons (Fsp3) is 0.111. The van der Waals surface area contributed by atoms with Crippen molar-refractivity contribution in [2.24, 2.45) is 0 Å². The minimum Gasteiger partial charge on any atom is -0.472 e. The Morgan fingerprint density at radius 1 is 1.04 bits per heavy atom. The van der Waals surface area contributed by atoms with Gasteiger partial charge in [-0.1, -0.05) is 30.3 Å². The topological polar surface area (TPSA) is 71.3 Å². The minimum atomic E-state index is -0.663. The van der Waals surface area contributed by atoms with Crippen LogP contribution in [0.2, 0.25) is 0 Å². The number of furan rings is 1. The zero-order chi connectivity index (χ0) is 16.2. The molecule has 3 aromatic rings. The molecule has 2 N–H and O–H groups in total. The Balaban J connectivity index is 1.66. The van der Waals surface area contributed by atoms with Crippen LogP contribution in [0.25, 0.3) is 10.8 Å². The fourth-order valence-electron chi connectivity index (χ4n) is 2.26. The van der Waals surface area contributed by atoms with Crippen molar-refractivity contribution in [3.05, 3.63) is 66.6 Å². The van der Waals surface area contributed by atoms with E-state index in [2.05, 4.69) is 10.6 Å². The molecule has 0 radical (unpaired) electrons. The summed E-state index contributed by atoms with van der Waals surface area (Å²) in [4.78, 5) is 24.1. The zero-order valence-electron chi connectivity index (χ0n) is 12.6. The third-order valence-corrected chi connectivity index (χ3v) is 3.54. The van der Waals surface area contributed by atoms with Crippen LogP contribution in [-0.4, -0.2) is 17.9 Å². The molecule has 1 unspecified atom stereocenters. The monoisotopic (exact) mass is 308 g/mol. The first-order valence-electron chi connectivity index (χ1n) is 7.26. The zero-order valence-corrected chi connectivity index (χ0v) is 12.6. The van der Waals surface area contributed by atoms with E-state index < -0.39 is 6.04 Å². The van der Waals surface area contributed by atoms with E-state index >= 15 is 0 Å².